The summed E-state index contributed by atoms with van der Waals surface area (Å²) in [4.78, 5) is 16.6. The van der Waals surface area contributed by atoms with Crippen molar-refractivity contribution in [3.05, 3.63) is 35.9 Å². The molecule has 1 aromatic rings. The Morgan fingerprint density at radius 1 is 1.16 bits per heavy atom. The van der Waals surface area contributed by atoms with Crippen molar-refractivity contribution >= 4 is 6.03 Å². The van der Waals surface area contributed by atoms with E-state index in [2.05, 4.69) is 26.0 Å². The van der Waals surface area contributed by atoms with Gasteiger partial charge in [0.25, 0.3) is 0 Å². The number of nitrogens with zero attached hydrogens (tertiary/aromatic N) is 2. The van der Waals surface area contributed by atoms with Crippen LogP contribution < -0.4 is 0 Å². The minimum atomic E-state index is 0.193. The van der Waals surface area contributed by atoms with Crippen LogP contribution in [-0.2, 0) is 6.54 Å². The SMILES string of the molecule is CC(C)N(Cc1ccccc1)C(=O)N1CCCCC1. The standard InChI is InChI=1S/C16H24N2O/c1-14(2)18(13-15-9-5-3-6-10-15)16(19)17-11-7-4-8-12-17/h3,5-6,9-10,14H,4,7-8,11-13H2,1-2H3. The van der Waals surface area contributed by atoms with E-state index in [1.54, 1.807) is 0 Å². The summed E-state index contributed by atoms with van der Waals surface area (Å²) >= 11 is 0. The van der Waals surface area contributed by atoms with E-state index in [4.69, 9.17) is 0 Å². The number of amides is 2. The molecule has 1 heterocycles. The number of carbonyl (C=O) groups excluding carboxylic acids is 1. The molecule has 1 fully saturated rings. The van der Waals surface area contributed by atoms with Gasteiger partial charge < -0.3 is 9.80 Å². The summed E-state index contributed by atoms with van der Waals surface area (Å²) < 4.78 is 0. The summed E-state index contributed by atoms with van der Waals surface area (Å²) in [5.74, 6) is 0. The molecule has 1 aromatic carbocycles. The topological polar surface area (TPSA) is 23.6 Å². The van der Waals surface area contributed by atoms with Crippen LogP contribution in [0.25, 0.3) is 0 Å². The molecular formula is C16H24N2O. The van der Waals surface area contributed by atoms with E-state index in [0.29, 0.717) is 6.54 Å². The highest BCUT2D eigenvalue weighted by molar-refractivity contribution is 5.74. The fraction of sp³-hybridized carbons (Fsp3) is 0.562. The molecule has 0 unspecified atom stereocenters. The van der Waals surface area contributed by atoms with Crippen molar-refractivity contribution in [2.75, 3.05) is 13.1 Å². The number of rotatable bonds is 3. The minimum Gasteiger partial charge on any atom is -0.325 e. The largest absolute Gasteiger partial charge is 0.325 e. The molecule has 104 valence electrons. The number of hydrogen-bond donors (Lipinski definition) is 0. The number of carbonyl (C=O) groups is 1. The van der Waals surface area contributed by atoms with Crippen molar-refractivity contribution < 1.29 is 4.79 Å². The van der Waals surface area contributed by atoms with Gasteiger partial charge >= 0.3 is 6.03 Å². The maximum atomic E-state index is 12.6. The molecule has 1 saturated heterocycles. The number of likely N-dealkylation sites (tertiary alicyclic amines) is 1. The lowest BCUT2D eigenvalue weighted by molar-refractivity contribution is 0.128. The van der Waals surface area contributed by atoms with Crippen molar-refractivity contribution in [3.8, 4) is 0 Å². The number of piperidine rings is 1. The summed E-state index contributed by atoms with van der Waals surface area (Å²) in [5.41, 5.74) is 1.20. The highest BCUT2D eigenvalue weighted by atomic mass is 16.2. The summed E-state index contributed by atoms with van der Waals surface area (Å²) in [6.07, 6.45) is 3.54. The molecule has 0 spiro atoms. The zero-order chi connectivity index (χ0) is 13.7. The van der Waals surface area contributed by atoms with Crippen LogP contribution in [0.3, 0.4) is 0 Å². The predicted octanol–water partition coefficient (Wildman–Crippen LogP) is 3.50. The molecule has 1 aliphatic rings. The first-order valence-corrected chi connectivity index (χ1v) is 7.28. The summed E-state index contributed by atoms with van der Waals surface area (Å²) in [5, 5.41) is 0. The molecule has 3 heteroatoms. The number of hydrogen-bond acceptors (Lipinski definition) is 1. The van der Waals surface area contributed by atoms with E-state index in [9.17, 15) is 4.79 Å². The minimum absolute atomic E-state index is 0.193. The predicted molar refractivity (Wildman–Crippen MR) is 77.9 cm³/mol. The van der Waals surface area contributed by atoms with Crippen molar-refractivity contribution in [2.45, 2.75) is 45.7 Å². The lowest BCUT2D eigenvalue weighted by atomic mass is 10.1. The maximum Gasteiger partial charge on any atom is 0.320 e. The molecule has 0 atom stereocenters. The van der Waals surface area contributed by atoms with Crippen LogP contribution in [0, 0.1) is 0 Å². The van der Waals surface area contributed by atoms with Crippen molar-refractivity contribution in [3.63, 3.8) is 0 Å². The average molecular weight is 260 g/mol. The van der Waals surface area contributed by atoms with Gasteiger partial charge in [-0.25, -0.2) is 4.79 Å². The highest BCUT2D eigenvalue weighted by Gasteiger charge is 2.24. The Morgan fingerprint density at radius 2 is 1.79 bits per heavy atom. The molecule has 0 saturated carbocycles. The Hall–Kier alpha value is -1.51. The monoisotopic (exact) mass is 260 g/mol. The number of benzene rings is 1. The lowest BCUT2D eigenvalue weighted by Crippen LogP contribution is -2.47. The Kier molecular flexibility index (Phi) is 4.83. The third kappa shape index (κ3) is 3.72. The molecule has 0 aliphatic carbocycles. The Morgan fingerprint density at radius 3 is 2.37 bits per heavy atom. The Balaban J connectivity index is 2.04. The molecule has 0 radical (unpaired) electrons. The second-order valence-electron chi connectivity index (χ2n) is 5.54. The van der Waals surface area contributed by atoms with E-state index >= 15 is 0 Å². The average Bonchev–Trinajstić information content (AvgIpc) is 2.46. The van der Waals surface area contributed by atoms with Gasteiger partial charge in [-0.15, -0.1) is 0 Å². The van der Waals surface area contributed by atoms with E-state index in [-0.39, 0.29) is 12.1 Å². The summed E-state index contributed by atoms with van der Waals surface area (Å²) in [6, 6.07) is 10.7. The Bertz CT molecular complexity index is 396. The van der Waals surface area contributed by atoms with Gasteiger partial charge in [0.05, 0.1) is 0 Å². The smallest absolute Gasteiger partial charge is 0.320 e. The molecule has 2 rings (SSSR count). The second kappa shape index (κ2) is 6.60. The zero-order valence-corrected chi connectivity index (χ0v) is 12.0. The van der Waals surface area contributed by atoms with E-state index in [1.807, 2.05) is 28.0 Å². The second-order valence-corrected chi connectivity index (χ2v) is 5.54. The Labute approximate surface area is 116 Å². The van der Waals surface area contributed by atoms with Crippen molar-refractivity contribution in [1.82, 2.24) is 9.80 Å². The molecule has 2 amide bonds. The first kappa shape index (κ1) is 13.9. The van der Waals surface area contributed by atoms with Crippen LogP contribution in [0.4, 0.5) is 4.79 Å². The third-order valence-corrected chi connectivity index (χ3v) is 3.69. The number of urea groups is 1. The molecule has 3 nitrogen and oxygen atoms in total. The maximum absolute atomic E-state index is 12.6. The van der Waals surface area contributed by atoms with Gasteiger partial charge in [0, 0.05) is 25.7 Å². The first-order valence-electron chi connectivity index (χ1n) is 7.28. The fourth-order valence-electron chi connectivity index (χ4n) is 2.52. The molecule has 0 N–H and O–H groups in total. The zero-order valence-electron chi connectivity index (χ0n) is 12.0. The van der Waals surface area contributed by atoms with Crippen LogP contribution in [-0.4, -0.2) is 35.0 Å². The van der Waals surface area contributed by atoms with Crippen LogP contribution in [0.1, 0.15) is 38.7 Å². The normalized spacial score (nSPS) is 15.6. The van der Waals surface area contributed by atoms with Crippen LogP contribution in [0.5, 0.6) is 0 Å². The first-order chi connectivity index (χ1) is 9.18. The van der Waals surface area contributed by atoms with Crippen LogP contribution >= 0.6 is 0 Å². The van der Waals surface area contributed by atoms with E-state index in [1.165, 1.54) is 12.0 Å². The highest BCUT2D eigenvalue weighted by Crippen LogP contribution is 2.15. The van der Waals surface area contributed by atoms with Gasteiger partial charge in [-0.1, -0.05) is 30.3 Å². The molecule has 1 aliphatic heterocycles. The van der Waals surface area contributed by atoms with E-state index in [0.717, 1.165) is 25.9 Å². The molecule has 0 bridgehead atoms. The molecule has 19 heavy (non-hydrogen) atoms. The van der Waals surface area contributed by atoms with Gasteiger partial charge in [0.1, 0.15) is 0 Å². The van der Waals surface area contributed by atoms with Gasteiger partial charge in [-0.3, -0.25) is 0 Å². The third-order valence-electron chi connectivity index (χ3n) is 3.69. The van der Waals surface area contributed by atoms with Crippen molar-refractivity contribution in [1.29, 1.82) is 0 Å². The molecular weight excluding hydrogens is 236 g/mol. The van der Waals surface area contributed by atoms with E-state index < -0.39 is 0 Å². The van der Waals surface area contributed by atoms with Gasteiger partial charge in [0.2, 0.25) is 0 Å². The molecule has 0 aromatic heterocycles. The fourth-order valence-corrected chi connectivity index (χ4v) is 2.52. The van der Waals surface area contributed by atoms with Crippen molar-refractivity contribution in [2.24, 2.45) is 0 Å². The van der Waals surface area contributed by atoms with Crippen LogP contribution in [0.15, 0.2) is 30.3 Å². The van der Waals surface area contributed by atoms with Gasteiger partial charge in [-0.2, -0.15) is 0 Å². The quantitative estimate of drug-likeness (QED) is 0.816. The summed E-state index contributed by atoms with van der Waals surface area (Å²) in [7, 11) is 0. The lowest BCUT2D eigenvalue weighted by Gasteiger charge is -2.35. The van der Waals surface area contributed by atoms with Gasteiger partial charge in [-0.05, 0) is 38.7 Å². The summed E-state index contributed by atoms with van der Waals surface area (Å²) in [6.45, 7) is 6.71. The van der Waals surface area contributed by atoms with Gasteiger partial charge in [0.15, 0.2) is 0 Å². The van der Waals surface area contributed by atoms with Crippen LogP contribution in [0.2, 0.25) is 0 Å².